The van der Waals surface area contributed by atoms with E-state index in [2.05, 4.69) is 21.8 Å². The smallest absolute Gasteiger partial charge is 0.158 e. The maximum absolute atomic E-state index is 5.92. The fourth-order valence-corrected chi connectivity index (χ4v) is 3.01. The molecule has 5 heteroatoms. The van der Waals surface area contributed by atoms with Crippen LogP contribution >= 0.6 is 0 Å². The van der Waals surface area contributed by atoms with E-state index in [4.69, 9.17) is 10.5 Å². The Morgan fingerprint density at radius 3 is 2.90 bits per heavy atom. The second kappa shape index (κ2) is 8.17. The van der Waals surface area contributed by atoms with Crippen LogP contribution in [0.5, 0.6) is 0 Å². The third-order valence-corrected chi connectivity index (χ3v) is 4.08. The maximum atomic E-state index is 5.92. The zero-order valence-corrected chi connectivity index (χ0v) is 13.3. The SMILES string of the molecule is CCCC1CCCN(c2cc(N)nc(COCC)n2)CC1. The summed E-state index contributed by atoms with van der Waals surface area (Å²) in [4.78, 5) is 11.2. The highest BCUT2D eigenvalue weighted by Crippen LogP contribution is 2.25. The Balaban J connectivity index is 2.04. The van der Waals surface area contributed by atoms with Gasteiger partial charge in [0.25, 0.3) is 0 Å². The number of anilines is 2. The Labute approximate surface area is 127 Å². The summed E-state index contributed by atoms with van der Waals surface area (Å²) >= 11 is 0. The third-order valence-electron chi connectivity index (χ3n) is 4.08. The molecule has 0 radical (unpaired) electrons. The van der Waals surface area contributed by atoms with Gasteiger partial charge >= 0.3 is 0 Å². The molecular formula is C16H28N4O. The summed E-state index contributed by atoms with van der Waals surface area (Å²) in [6.07, 6.45) is 6.43. The molecule has 2 N–H and O–H groups in total. The van der Waals surface area contributed by atoms with Gasteiger partial charge in [-0.25, -0.2) is 9.97 Å². The van der Waals surface area contributed by atoms with Crippen LogP contribution in [0.1, 0.15) is 51.8 Å². The summed E-state index contributed by atoms with van der Waals surface area (Å²) in [7, 11) is 0. The van der Waals surface area contributed by atoms with Crippen LogP contribution in [0.3, 0.4) is 0 Å². The van der Waals surface area contributed by atoms with Crippen molar-refractivity contribution in [2.75, 3.05) is 30.3 Å². The topological polar surface area (TPSA) is 64.3 Å². The Bertz CT molecular complexity index is 438. The highest BCUT2D eigenvalue weighted by Gasteiger charge is 2.18. The van der Waals surface area contributed by atoms with E-state index in [1.807, 2.05) is 13.0 Å². The number of nitrogens with zero attached hydrogens (tertiary/aromatic N) is 3. The van der Waals surface area contributed by atoms with Gasteiger partial charge in [-0.3, -0.25) is 0 Å². The minimum Gasteiger partial charge on any atom is -0.384 e. The van der Waals surface area contributed by atoms with E-state index in [1.54, 1.807) is 0 Å². The van der Waals surface area contributed by atoms with Crippen LogP contribution in [0.4, 0.5) is 11.6 Å². The Kier molecular flexibility index (Phi) is 6.23. The summed E-state index contributed by atoms with van der Waals surface area (Å²) in [5.41, 5.74) is 5.92. The third kappa shape index (κ3) is 4.84. The van der Waals surface area contributed by atoms with Gasteiger partial charge in [-0.15, -0.1) is 0 Å². The van der Waals surface area contributed by atoms with E-state index >= 15 is 0 Å². The number of nitrogens with two attached hydrogens (primary N) is 1. The lowest BCUT2D eigenvalue weighted by Crippen LogP contribution is -2.26. The predicted octanol–water partition coefficient (Wildman–Crippen LogP) is 3.00. The lowest BCUT2D eigenvalue weighted by Gasteiger charge is -2.22. The predicted molar refractivity (Wildman–Crippen MR) is 86.2 cm³/mol. The van der Waals surface area contributed by atoms with Gasteiger partial charge in [0.1, 0.15) is 18.2 Å². The first kappa shape index (κ1) is 16.0. The summed E-state index contributed by atoms with van der Waals surface area (Å²) in [5.74, 6) is 3.03. The molecule has 1 saturated heterocycles. The molecule has 1 aliphatic heterocycles. The van der Waals surface area contributed by atoms with Gasteiger partial charge in [-0.1, -0.05) is 19.8 Å². The lowest BCUT2D eigenvalue weighted by atomic mass is 9.96. The standard InChI is InChI=1S/C16H28N4O/c1-3-6-13-7-5-9-20(10-8-13)16-11-14(17)18-15(19-16)12-21-4-2/h11,13H,3-10,12H2,1-2H3,(H2,17,18,19). The molecule has 1 aliphatic rings. The molecule has 118 valence electrons. The fraction of sp³-hybridized carbons (Fsp3) is 0.750. The van der Waals surface area contributed by atoms with Gasteiger partial charge in [0, 0.05) is 25.8 Å². The number of hydrogen-bond acceptors (Lipinski definition) is 5. The van der Waals surface area contributed by atoms with Crippen molar-refractivity contribution < 1.29 is 4.74 Å². The fourth-order valence-electron chi connectivity index (χ4n) is 3.01. The van der Waals surface area contributed by atoms with Gasteiger partial charge in [-0.2, -0.15) is 0 Å². The lowest BCUT2D eigenvalue weighted by molar-refractivity contribution is 0.128. The van der Waals surface area contributed by atoms with Crippen molar-refractivity contribution in [3.05, 3.63) is 11.9 Å². The number of ether oxygens (including phenoxy) is 1. The molecule has 0 spiro atoms. The average molecular weight is 292 g/mol. The monoisotopic (exact) mass is 292 g/mol. The van der Waals surface area contributed by atoms with Crippen molar-refractivity contribution in [1.29, 1.82) is 0 Å². The van der Waals surface area contributed by atoms with Crippen LogP contribution in [0, 0.1) is 5.92 Å². The van der Waals surface area contributed by atoms with Crippen molar-refractivity contribution in [2.45, 2.75) is 52.6 Å². The zero-order valence-electron chi connectivity index (χ0n) is 13.3. The van der Waals surface area contributed by atoms with E-state index < -0.39 is 0 Å². The summed E-state index contributed by atoms with van der Waals surface area (Å²) in [6, 6.07) is 1.88. The molecule has 0 bridgehead atoms. The quantitative estimate of drug-likeness (QED) is 0.873. The minimum atomic E-state index is 0.431. The van der Waals surface area contributed by atoms with Crippen molar-refractivity contribution in [2.24, 2.45) is 5.92 Å². The van der Waals surface area contributed by atoms with Gasteiger partial charge < -0.3 is 15.4 Å². The summed E-state index contributed by atoms with van der Waals surface area (Å²) in [6.45, 7) is 7.46. The molecule has 0 aromatic carbocycles. The van der Waals surface area contributed by atoms with Crippen LogP contribution in [0.2, 0.25) is 0 Å². The molecule has 2 rings (SSSR count). The van der Waals surface area contributed by atoms with E-state index in [-0.39, 0.29) is 0 Å². The number of nitrogen functional groups attached to an aromatic ring is 1. The minimum absolute atomic E-state index is 0.431. The normalized spacial score (nSPS) is 19.5. The van der Waals surface area contributed by atoms with Gasteiger partial charge in [0.15, 0.2) is 5.82 Å². The largest absolute Gasteiger partial charge is 0.384 e. The highest BCUT2D eigenvalue weighted by molar-refractivity contribution is 5.47. The summed E-state index contributed by atoms with van der Waals surface area (Å²) in [5, 5.41) is 0. The van der Waals surface area contributed by atoms with Crippen LogP contribution in [-0.4, -0.2) is 29.7 Å². The molecule has 1 aromatic rings. The molecule has 1 aromatic heterocycles. The molecule has 21 heavy (non-hydrogen) atoms. The van der Waals surface area contributed by atoms with Gasteiger partial charge in [0.05, 0.1) is 0 Å². The summed E-state index contributed by atoms with van der Waals surface area (Å²) < 4.78 is 5.39. The first-order chi connectivity index (χ1) is 10.2. The Hall–Kier alpha value is -1.36. The van der Waals surface area contributed by atoms with E-state index in [0.29, 0.717) is 24.9 Å². The molecule has 5 nitrogen and oxygen atoms in total. The van der Waals surface area contributed by atoms with Crippen molar-refractivity contribution in [3.63, 3.8) is 0 Å². The van der Waals surface area contributed by atoms with E-state index in [0.717, 1.165) is 24.8 Å². The van der Waals surface area contributed by atoms with E-state index in [1.165, 1.54) is 32.1 Å². The van der Waals surface area contributed by atoms with Crippen LogP contribution in [0.25, 0.3) is 0 Å². The molecular weight excluding hydrogens is 264 g/mol. The molecule has 0 saturated carbocycles. The zero-order chi connectivity index (χ0) is 15.1. The van der Waals surface area contributed by atoms with Gasteiger partial charge in [-0.05, 0) is 32.1 Å². The second-order valence-corrected chi connectivity index (χ2v) is 5.78. The van der Waals surface area contributed by atoms with E-state index in [9.17, 15) is 0 Å². The Morgan fingerprint density at radius 2 is 2.14 bits per heavy atom. The molecule has 1 atom stereocenters. The molecule has 0 aliphatic carbocycles. The molecule has 2 heterocycles. The number of rotatable bonds is 6. The molecule has 0 amide bonds. The average Bonchev–Trinajstić information content (AvgIpc) is 2.71. The maximum Gasteiger partial charge on any atom is 0.158 e. The Morgan fingerprint density at radius 1 is 1.29 bits per heavy atom. The van der Waals surface area contributed by atoms with Crippen LogP contribution in [-0.2, 0) is 11.3 Å². The van der Waals surface area contributed by atoms with Crippen molar-refractivity contribution in [3.8, 4) is 0 Å². The van der Waals surface area contributed by atoms with Gasteiger partial charge in [0.2, 0.25) is 0 Å². The van der Waals surface area contributed by atoms with Crippen molar-refractivity contribution in [1.82, 2.24) is 9.97 Å². The molecule has 1 unspecified atom stereocenters. The van der Waals surface area contributed by atoms with Crippen LogP contribution in [0.15, 0.2) is 6.07 Å². The number of aromatic nitrogens is 2. The van der Waals surface area contributed by atoms with Crippen molar-refractivity contribution >= 4 is 11.6 Å². The molecule has 1 fully saturated rings. The van der Waals surface area contributed by atoms with Crippen LogP contribution < -0.4 is 10.6 Å². The second-order valence-electron chi connectivity index (χ2n) is 5.78. The first-order valence-corrected chi connectivity index (χ1v) is 8.19. The number of hydrogen-bond donors (Lipinski definition) is 1. The highest BCUT2D eigenvalue weighted by atomic mass is 16.5. The first-order valence-electron chi connectivity index (χ1n) is 8.19.